The van der Waals surface area contributed by atoms with Crippen molar-refractivity contribution in [1.82, 2.24) is 10.2 Å². The molecule has 0 spiro atoms. The fourth-order valence-corrected chi connectivity index (χ4v) is 3.94. The number of hydrogen-bond acceptors (Lipinski definition) is 5. The molecule has 0 unspecified atom stereocenters. The second kappa shape index (κ2) is 9.70. The van der Waals surface area contributed by atoms with Gasteiger partial charge in [0.1, 0.15) is 5.60 Å². The second-order valence-corrected chi connectivity index (χ2v) is 9.70. The summed E-state index contributed by atoms with van der Waals surface area (Å²) in [7, 11) is 0. The van der Waals surface area contributed by atoms with E-state index in [0.29, 0.717) is 47.1 Å². The lowest BCUT2D eigenvalue weighted by Gasteiger charge is -2.33. The maximum Gasteiger partial charge on any atom is 0.410 e. The zero-order valence-electron chi connectivity index (χ0n) is 17.7. The van der Waals surface area contributed by atoms with Crippen molar-refractivity contribution in [2.24, 2.45) is 0 Å². The number of hydrogen-bond donors (Lipinski definition) is 2. The number of piperidine rings is 1. The van der Waals surface area contributed by atoms with E-state index in [2.05, 4.69) is 10.6 Å². The largest absolute Gasteiger partial charge is 0.444 e. The van der Waals surface area contributed by atoms with Crippen molar-refractivity contribution < 1.29 is 19.1 Å². The molecule has 1 aromatic heterocycles. The Bertz CT molecular complexity index is 948. The van der Waals surface area contributed by atoms with E-state index in [1.807, 2.05) is 26.2 Å². The molecule has 31 heavy (non-hydrogen) atoms. The molecule has 1 saturated heterocycles. The van der Waals surface area contributed by atoms with Gasteiger partial charge in [-0.3, -0.25) is 9.59 Å². The van der Waals surface area contributed by atoms with Crippen LogP contribution in [0.4, 0.5) is 10.5 Å². The van der Waals surface area contributed by atoms with Gasteiger partial charge in [-0.05, 0) is 63.3 Å². The van der Waals surface area contributed by atoms with Gasteiger partial charge in [0.2, 0.25) is 0 Å². The van der Waals surface area contributed by atoms with Gasteiger partial charge >= 0.3 is 6.09 Å². The van der Waals surface area contributed by atoms with E-state index < -0.39 is 5.60 Å². The average Bonchev–Trinajstić information content (AvgIpc) is 3.24. The van der Waals surface area contributed by atoms with Crippen LogP contribution in [0.25, 0.3) is 0 Å². The molecule has 3 rings (SSSR count). The third-order valence-corrected chi connectivity index (χ3v) is 5.90. The third kappa shape index (κ3) is 6.45. The van der Waals surface area contributed by atoms with Gasteiger partial charge in [-0.15, -0.1) is 11.3 Å². The van der Waals surface area contributed by atoms with Crippen LogP contribution >= 0.6 is 22.9 Å². The number of benzene rings is 1. The number of ether oxygens (including phenoxy) is 1. The minimum Gasteiger partial charge on any atom is -0.444 e. The molecule has 1 fully saturated rings. The Kier molecular flexibility index (Phi) is 7.23. The molecule has 3 amide bonds. The summed E-state index contributed by atoms with van der Waals surface area (Å²) in [5.74, 6) is -0.525. The first-order chi connectivity index (χ1) is 14.6. The quantitative estimate of drug-likeness (QED) is 0.682. The van der Waals surface area contributed by atoms with Gasteiger partial charge in [-0.1, -0.05) is 17.7 Å². The molecule has 1 aliphatic rings. The summed E-state index contributed by atoms with van der Waals surface area (Å²) in [6.07, 6.45) is 0.947. The summed E-state index contributed by atoms with van der Waals surface area (Å²) in [4.78, 5) is 39.4. The van der Waals surface area contributed by atoms with E-state index in [4.69, 9.17) is 16.3 Å². The Morgan fingerprint density at radius 1 is 1.13 bits per heavy atom. The van der Waals surface area contributed by atoms with Crippen LogP contribution in [0.2, 0.25) is 5.02 Å². The summed E-state index contributed by atoms with van der Waals surface area (Å²) in [6.45, 7) is 6.54. The SMILES string of the molecule is CC(C)(C)OC(=O)N1CCC(NC(=O)c2ccc(Cl)c(NC(=O)c3cccs3)c2)CC1. The number of carbonyl (C=O) groups excluding carboxylic acids is 3. The first kappa shape index (κ1) is 23.1. The summed E-state index contributed by atoms with van der Waals surface area (Å²) < 4.78 is 5.40. The third-order valence-electron chi connectivity index (χ3n) is 4.70. The maximum atomic E-state index is 12.7. The highest BCUT2D eigenvalue weighted by atomic mass is 35.5. The Morgan fingerprint density at radius 3 is 2.45 bits per heavy atom. The van der Waals surface area contributed by atoms with E-state index in [-0.39, 0.29) is 23.9 Å². The monoisotopic (exact) mass is 463 g/mol. The molecule has 0 aliphatic carbocycles. The van der Waals surface area contributed by atoms with Crippen LogP contribution < -0.4 is 10.6 Å². The van der Waals surface area contributed by atoms with Crippen LogP contribution in [-0.4, -0.2) is 47.5 Å². The number of amides is 3. The highest BCUT2D eigenvalue weighted by molar-refractivity contribution is 7.12. The van der Waals surface area contributed by atoms with Gasteiger partial charge in [-0.25, -0.2) is 4.79 Å². The first-order valence-corrected chi connectivity index (χ1v) is 11.3. The second-order valence-electron chi connectivity index (χ2n) is 8.34. The smallest absolute Gasteiger partial charge is 0.410 e. The normalized spacial score (nSPS) is 14.8. The average molecular weight is 464 g/mol. The number of nitrogens with zero attached hydrogens (tertiary/aromatic N) is 1. The summed E-state index contributed by atoms with van der Waals surface area (Å²) >= 11 is 7.52. The van der Waals surface area contributed by atoms with Crippen LogP contribution in [-0.2, 0) is 4.74 Å². The minimum absolute atomic E-state index is 0.0500. The maximum absolute atomic E-state index is 12.7. The lowest BCUT2D eigenvalue weighted by Crippen LogP contribution is -2.47. The van der Waals surface area contributed by atoms with Crippen molar-refractivity contribution in [3.8, 4) is 0 Å². The number of halogens is 1. The number of likely N-dealkylation sites (tertiary alicyclic amines) is 1. The van der Waals surface area contributed by atoms with Crippen LogP contribution in [0.15, 0.2) is 35.7 Å². The molecule has 0 bridgehead atoms. The molecule has 1 aromatic carbocycles. The molecule has 2 aromatic rings. The van der Waals surface area contributed by atoms with Crippen molar-refractivity contribution in [3.05, 3.63) is 51.2 Å². The summed E-state index contributed by atoms with van der Waals surface area (Å²) in [6, 6.07) is 8.23. The van der Waals surface area contributed by atoms with E-state index in [0.717, 1.165) is 0 Å². The molecule has 0 saturated carbocycles. The lowest BCUT2D eigenvalue weighted by atomic mass is 10.0. The van der Waals surface area contributed by atoms with E-state index in [9.17, 15) is 14.4 Å². The molecule has 0 atom stereocenters. The Labute approximate surface area is 190 Å². The van der Waals surface area contributed by atoms with Gasteiger partial charge in [0.05, 0.1) is 15.6 Å². The first-order valence-electron chi connectivity index (χ1n) is 10.1. The Hall–Kier alpha value is -2.58. The number of nitrogens with one attached hydrogen (secondary N) is 2. The number of carbonyl (C=O) groups is 3. The van der Waals surface area contributed by atoms with Crippen LogP contribution in [0, 0.1) is 0 Å². The van der Waals surface area contributed by atoms with Gasteiger partial charge < -0.3 is 20.3 Å². The molecule has 166 valence electrons. The minimum atomic E-state index is -0.534. The fraction of sp³-hybridized carbons (Fsp3) is 0.409. The van der Waals surface area contributed by atoms with E-state index in [1.165, 1.54) is 11.3 Å². The molecule has 1 aliphatic heterocycles. The molecular formula is C22H26ClN3O4S. The highest BCUT2D eigenvalue weighted by Crippen LogP contribution is 2.25. The van der Waals surface area contributed by atoms with Crippen molar-refractivity contribution in [1.29, 1.82) is 0 Å². The fourth-order valence-electron chi connectivity index (χ4n) is 3.16. The molecule has 2 N–H and O–H groups in total. The van der Waals surface area contributed by atoms with Gasteiger partial charge in [-0.2, -0.15) is 0 Å². The van der Waals surface area contributed by atoms with Crippen LogP contribution in [0.1, 0.15) is 53.6 Å². The summed E-state index contributed by atoms with van der Waals surface area (Å²) in [5.41, 5.74) is 0.251. The predicted octanol–water partition coefficient (Wildman–Crippen LogP) is 4.78. The Balaban J connectivity index is 1.56. The molecule has 7 nitrogen and oxygen atoms in total. The zero-order valence-corrected chi connectivity index (χ0v) is 19.3. The Morgan fingerprint density at radius 2 is 1.84 bits per heavy atom. The molecule has 0 radical (unpaired) electrons. The van der Waals surface area contributed by atoms with Gasteiger partial charge in [0.25, 0.3) is 11.8 Å². The number of thiophene rings is 1. The van der Waals surface area contributed by atoms with Gasteiger partial charge in [0, 0.05) is 24.7 Å². The van der Waals surface area contributed by atoms with E-state index in [1.54, 1.807) is 35.2 Å². The number of rotatable bonds is 4. The number of anilines is 1. The molecule has 9 heteroatoms. The predicted molar refractivity (Wildman–Crippen MR) is 122 cm³/mol. The summed E-state index contributed by atoms with van der Waals surface area (Å²) in [5, 5.41) is 7.92. The van der Waals surface area contributed by atoms with Crippen LogP contribution in [0.3, 0.4) is 0 Å². The van der Waals surface area contributed by atoms with Crippen molar-refractivity contribution in [3.63, 3.8) is 0 Å². The highest BCUT2D eigenvalue weighted by Gasteiger charge is 2.27. The van der Waals surface area contributed by atoms with Gasteiger partial charge in [0.15, 0.2) is 0 Å². The van der Waals surface area contributed by atoms with Crippen molar-refractivity contribution >= 4 is 46.5 Å². The molecular weight excluding hydrogens is 438 g/mol. The topological polar surface area (TPSA) is 87.7 Å². The van der Waals surface area contributed by atoms with Crippen LogP contribution in [0.5, 0.6) is 0 Å². The molecule has 2 heterocycles. The van der Waals surface area contributed by atoms with Crippen molar-refractivity contribution in [2.45, 2.75) is 45.3 Å². The lowest BCUT2D eigenvalue weighted by molar-refractivity contribution is 0.0199. The van der Waals surface area contributed by atoms with Crippen molar-refractivity contribution in [2.75, 3.05) is 18.4 Å². The van der Waals surface area contributed by atoms with E-state index >= 15 is 0 Å². The standard InChI is InChI=1S/C22H26ClN3O4S/c1-22(2,3)30-21(29)26-10-8-15(9-11-26)24-19(27)14-6-7-16(23)17(13-14)25-20(28)18-5-4-12-31-18/h4-7,12-13,15H,8-11H2,1-3H3,(H,24,27)(H,25,28). The zero-order chi connectivity index (χ0) is 22.6.